The maximum Gasteiger partial charge on any atom is 0.230 e. The summed E-state index contributed by atoms with van der Waals surface area (Å²) in [6.45, 7) is 3.19. The van der Waals surface area contributed by atoms with Crippen LogP contribution in [0.3, 0.4) is 0 Å². The van der Waals surface area contributed by atoms with Crippen molar-refractivity contribution in [1.82, 2.24) is 20.5 Å². The van der Waals surface area contributed by atoms with E-state index in [1.165, 1.54) is 22.9 Å². The number of rotatable bonds is 6. The molecule has 1 aliphatic heterocycles. The average Bonchev–Trinajstić information content (AvgIpc) is 3.06. The number of amides is 1. The highest BCUT2D eigenvalue weighted by Crippen LogP contribution is 2.26. The number of hydrogen-bond acceptors (Lipinski definition) is 5. The molecule has 1 aliphatic rings. The summed E-state index contributed by atoms with van der Waals surface area (Å²) in [4.78, 5) is 16.3. The number of ether oxygens (including phenoxy) is 1. The molecule has 0 radical (unpaired) electrons. The van der Waals surface area contributed by atoms with Crippen molar-refractivity contribution in [3.63, 3.8) is 0 Å². The van der Waals surface area contributed by atoms with E-state index < -0.39 is 0 Å². The number of nitrogens with one attached hydrogen (secondary N) is 2. The van der Waals surface area contributed by atoms with Gasteiger partial charge in [-0.05, 0) is 17.5 Å². The highest BCUT2D eigenvalue weighted by molar-refractivity contribution is 7.99. The molecule has 0 saturated carbocycles. The third-order valence-corrected chi connectivity index (χ3v) is 4.60. The Morgan fingerprint density at radius 3 is 3.17 bits per heavy atom. The molecule has 2 heterocycles. The molecule has 0 aliphatic carbocycles. The summed E-state index contributed by atoms with van der Waals surface area (Å²) >= 11 is 1.33. The van der Waals surface area contributed by atoms with E-state index in [2.05, 4.69) is 32.6 Å². The molecule has 7 heteroatoms. The third-order valence-electron chi connectivity index (χ3n) is 3.76. The number of thioether (sulfide) groups is 1. The van der Waals surface area contributed by atoms with Gasteiger partial charge in [0.1, 0.15) is 11.9 Å². The Hall–Kier alpha value is -1.86. The second kappa shape index (κ2) is 7.61. The lowest BCUT2D eigenvalue weighted by atomic mass is 9.97. The van der Waals surface area contributed by atoms with Crippen molar-refractivity contribution in [3.8, 4) is 0 Å². The monoisotopic (exact) mass is 332 g/mol. The first kappa shape index (κ1) is 16.0. The SMILES string of the molecule is CCc1nc(SCC(=O)NCC2OCCc3ccccc32)n[nH]1. The Labute approximate surface area is 139 Å². The number of nitrogens with zero attached hydrogens (tertiary/aromatic N) is 2. The fourth-order valence-electron chi connectivity index (χ4n) is 2.53. The summed E-state index contributed by atoms with van der Waals surface area (Å²) in [6, 6.07) is 8.24. The second-order valence-electron chi connectivity index (χ2n) is 5.32. The molecule has 0 saturated heterocycles. The van der Waals surface area contributed by atoms with Crippen LogP contribution in [0.25, 0.3) is 0 Å². The number of H-pyrrole nitrogens is 1. The molecule has 122 valence electrons. The molecule has 1 aromatic heterocycles. The Bertz CT molecular complexity index is 674. The number of fused-ring (bicyclic) bond motifs is 1. The summed E-state index contributed by atoms with van der Waals surface area (Å²) < 4.78 is 5.78. The predicted molar refractivity (Wildman–Crippen MR) is 88.3 cm³/mol. The lowest BCUT2D eigenvalue weighted by molar-refractivity contribution is -0.119. The van der Waals surface area contributed by atoms with E-state index in [0.717, 1.165) is 18.7 Å². The van der Waals surface area contributed by atoms with E-state index in [0.29, 0.717) is 24.1 Å². The van der Waals surface area contributed by atoms with Gasteiger partial charge in [-0.15, -0.1) is 5.10 Å². The summed E-state index contributed by atoms with van der Waals surface area (Å²) in [5.74, 6) is 1.10. The van der Waals surface area contributed by atoms with Crippen LogP contribution < -0.4 is 5.32 Å². The Balaban J connectivity index is 1.48. The summed E-state index contributed by atoms with van der Waals surface area (Å²) in [7, 11) is 0. The Kier molecular flexibility index (Phi) is 5.30. The van der Waals surface area contributed by atoms with Gasteiger partial charge in [0, 0.05) is 13.0 Å². The molecule has 1 amide bonds. The second-order valence-corrected chi connectivity index (χ2v) is 6.26. The number of hydrogen-bond donors (Lipinski definition) is 2. The van der Waals surface area contributed by atoms with Gasteiger partial charge >= 0.3 is 0 Å². The van der Waals surface area contributed by atoms with Crippen LogP contribution in [0.15, 0.2) is 29.4 Å². The maximum atomic E-state index is 12.0. The number of aryl methyl sites for hydroxylation is 1. The molecule has 0 bridgehead atoms. The Morgan fingerprint density at radius 2 is 2.35 bits per heavy atom. The van der Waals surface area contributed by atoms with Crippen LogP contribution in [-0.4, -0.2) is 40.0 Å². The summed E-state index contributed by atoms with van der Waals surface area (Å²) in [5, 5.41) is 10.4. The Morgan fingerprint density at radius 1 is 1.48 bits per heavy atom. The standard InChI is InChI=1S/C16H20N4O2S/c1-2-14-18-16(20-19-14)23-10-15(21)17-9-13-12-6-4-3-5-11(12)7-8-22-13/h3-6,13H,2,7-10H2,1H3,(H,17,21)(H,18,19,20). The zero-order valence-electron chi connectivity index (χ0n) is 13.0. The van der Waals surface area contributed by atoms with Crippen LogP contribution in [-0.2, 0) is 22.4 Å². The van der Waals surface area contributed by atoms with E-state index >= 15 is 0 Å². The minimum absolute atomic E-state index is 0.0375. The molecule has 2 aromatic rings. The molecule has 1 atom stereocenters. The number of aromatic nitrogens is 3. The predicted octanol–water partition coefficient (Wildman–Crippen LogP) is 1.89. The first-order valence-corrected chi connectivity index (χ1v) is 8.75. The van der Waals surface area contributed by atoms with Gasteiger partial charge in [-0.3, -0.25) is 9.89 Å². The molecule has 1 aromatic carbocycles. The highest BCUT2D eigenvalue weighted by atomic mass is 32.2. The highest BCUT2D eigenvalue weighted by Gasteiger charge is 2.20. The summed E-state index contributed by atoms with van der Waals surface area (Å²) in [5.41, 5.74) is 2.48. The quantitative estimate of drug-likeness (QED) is 0.790. The molecule has 0 fully saturated rings. The van der Waals surface area contributed by atoms with Crippen LogP contribution in [0.4, 0.5) is 0 Å². The molecule has 6 nitrogen and oxygen atoms in total. The van der Waals surface area contributed by atoms with Crippen molar-refractivity contribution in [2.45, 2.75) is 31.0 Å². The molecule has 0 spiro atoms. The zero-order chi connectivity index (χ0) is 16.1. The van der Waals surface area contributed by atoms with Crippen LogP contribution >= 0.6 is 11.8 Å². The van der Waals surface area contributed by atoms with E-state index in [4.69, 9.17) is 4.74 Å². The van der Waals surface area contributed by atoms with Crippen LogP contribution in [0.1, 0.15) is 30.0 Å². The fourth-order valence-corrected chi connectivity index (χ4v) is 3.18. The zero-order valence-corrected chi connectivity index (χ0v) is 13.9. The van der Waals surface area contributed by atoms with E-state index in [-0.39, 0.29) is 12.0 Å². The van der Waals surface area contributed by atoms with Gasteiger partial charge in [0.2, 0.25) is 11.1 Å². The minimum atomic E-state index is -0.0656. The normalized spacial score (nSPS) is 16.8. The average molecular weight is 332 g/mol. The smallest absolute Gasteiger partial charge is 0.230 e. The number of carbonyl (C=O) groups excluding carboxylic acids is 1. The van der Waals surface area contributed by atoms with Gasteiger partial charge in [-0.1, -0.05) is 43.0 Å². The lowest BCUT2D eigenvalue weighted by Crippen LogP contribution is -2.32. The third kappa shape index (κ3) is 4.11. The molecular formula is C16H20N4O2S. The maximum absolute atomic E-state index is 12.0. The van der Waals surface area contributed by atoms with Gasteiger partial charge in [-0.25, -0.2) is 4.98 Å². The molecule has 23 heavy (non-hydrogen) atoms. The van der Waals surface area contributed by atoms with E-state index in [1.54, 1.807) is 0 Å². The molecule has 3 rings (SSSR count). The molecular weight excluding hydrogens is 312 g/mol. The topological polar surface area (TPSA) is 79.9 Å². The number of aromatic amines is 1. The lowest BCUT2D eigenvalue weighted by Gasteiger charge is -2.26. The molecule has 2 N–H and O–H groups in total. The molecule has 1 unspecified atom stereocenters. The first-order chi connectivity index (χ1) is 11.3. The van der Waals surface area contributed by atoms with E-state index in [9.17, 15) is 4.79 Å². The van der Waals surface area contributed by atoms with Crippen molar-refractivity contribution in [3.05, 3.63) is 41.2 Å². The van der Waals surface area contributed by atoms with Crippen molar-refractivity contribution < 1.29 is 9.53 Å². The number of carbonyl (C=O) groups is 1. The van der Waals surface area contributed by atoms with Crippen molar-refractivity contribution >= 4 is 17.7 Å². The minimum Gasteiger partial charge on any atom is -0.371 e. The van der Waals surface area contributed by atoms with Crippen LogP contribution in [0, 0.1) is 0 Å². The first-order valence-electron chi connectivity index (χ1n) is 7.76. The van der Waals surface area contributed by atoms with Crippen LogP contribution in [0.5, 0.6) is 0 Å². The van der Waals surface area contributed by atoms with Gasteiger partial charge in [0.05, 0.1) is 12.4 Å². The van der Waals surface area contributed by atoms with Gasteiger partial charge in [0.15, 0.2) is 0 Å². The van der Waals surface area contributed by atoms with Gasteiger partial charge < -0.3 is 10.1 Å². The largest absolute Gasteiger partial charge is 0.371 e. The van der Waals surface area contributed by atoms with Gasteiger partial charge in [-0.2, -0.15) is 0 Å². The van der Waals surface area contributed by atoms with Crippen molar-refractivity contribution in [2.24, 2.45) is 0 Å². The van der Waals surface area contributed by atoms with Crippen molar-refractivity contribution in [1.29, 1.82) is 0 Å². The van der Waals surface area contributed by atoms with Crippen molar-refractivity contribution in [2.75, 3.05) is 18.9 Å². The summed E-state index contributed by atoms with van der Waals surface area (Å²) in [6.07, 6.45) is 1.67. The number of benzene rings is 1. The van der Waals surface area contributed by atoms with Crippen LogP contribution in [0.2, 0.25) is 0 Å². The van der Waals surface area contributed by atoms with Gasteiger partial charge in [0.25, 0.3) is 0 Å². The fraction of sp³-hybridized carbons (Fsp3) is 0.438. The van der Waals surface area contributed by atoms with E-state index in [1.807, 2.05) is 19.1 Å².